The van der Waals surface area contributed by atoms with E-state index >= 15 is 0 Å². The molecule has 4 N–H and O–H groups in total. The Kier molecular flexibility index (Phi) is 6.11. The fraction of sp³-hybridized carbons (Fsp3) is 0.348. The van der Waals surface area contributed by atoms with Gasteiger partial charge in [0.25, 0.3) is 0 Å². The molecule has 5 nitrogen and oxygen atoms in total. The lowest BCUT2D eigenvalue weighted by atomic mass is 9.90. The summed E-state index contributed by atoms with van der Waals surface area (Å²) >= 11 is 1.92. The number of hydrogen-bond donors (Lipinski definition) is 3. The number of thioether (sulfide) groups is 1. The standard InChI is InChI=1S/C23H27N3O2S/c24-23(28)17-6-7-22-21(12-17)19(13-25-22)15-29-10-9-26-8-2-4-18(14-26)16-3-1-5-20(27)11-16/h1,3,5-7,11-13,18,25,27H,2,4,8-10,14-15H2,(H2,24,28). The summed E-state index contributed by atoms with van der Waals surface area (Å²) in [6, 6.07) is 13.3. The number of phenols is 1. The molecular weight excluding hydrogens is 382 g/mol. The van der Waals surface area contributed by atoms with Crippen LogP contribution in [0.25, 0.3) is 10.9 Å². The van der Waals surface area contributed by atoms with Crippen molar-refractivity contribution in [1.29, 1.82) is 0 Å². The molecule has 1 aliphatic heterocycles. The molecule has 0 radical (unpaired) electrons. The molecule has 2 aromatic carbocycles. The number of nitrogens with one attached hydrogen (secondary N) is 1. The van der Waals surface area contributed by atoms with Crippen molar-refractivity contribution in [3.63, 3.8) is 0 Å². The first-order chi connectivity index (χ1) is 14.1. The molecule has 4 rings (SSSR count). The Balaban J connectivity index is 1.30. The van der Waals surface area contributed by atoms with Crippen molar-refractivity contribution in [3.8, 4) is 5.75 Å². The van der Waals surface area contributed by atoms with E-state index in [1.165, 1.54) is 24.0 Å². The predicted octanol–water partition coefficient (Wildman–Crippen LogP) is 4.09. The highest BCUT2D eigenvalue weighted by Crippen LogP contribution is 2.29. The molecule has 2 heterocycles. The molecule has 0 spiro atoms. The Hall–Kier alpha value is -2.44. The van der Waals surface area contributed by atoms with E-state index in [0.29, 0.717) is 17.2 Å². The topological polar surface area (TPSA) is 82.4 Å². The van der Waals surface area contributed by atoms with Crippen molar-refractivity contribution in [3.05, 3.63) is 65.4 Å². The van der Waals surface area contributed by atoms with Crippen LogP contribution in [0, 0.1) is 0 Å². The molecule has 1 unspecified atom stereocenters. The van der Waals surface area contributed by atoms with Crippen molar-refractivity contribution in [2.75, 3.05) is 25.4 Å². The van der Waals surface area contributed by atoms with Crippen molar-refractivity contribution in [2.45, 2.75) is 24.5 Å². The molecule has 6 heteroatoms. The van der Waals surface area contributed by atoms with Crippen LogP contribution in [0.3, 0.4) is 0 Å². The van der Waals surface area contributed by atoms with Gasteiger partial charge >= 0.3 is 0 Å². The van der Waals surface area contributed by atoms with Crippen molar-refractivity contribution in [1.82, 2.24) is 9.88 Å². The minimum Gasteiger partial charge on any atom is -0.508 e. The number of carbonyl (C=O) groups is 1. The predicted molar refractivity (Wildman–Crippen MR) is 120 cm³/mol. The summed E-state index contributed by atoms with van der Waals surface area (Å²) in [5.74, 6) is 2.44. The maximum Gasteiger partial charge on any atom is 0.248 e. The van der Waals surface area contributed by atoms with Crippen LogP contribution in [0.2, 0.25) is 0 Å². The van der Waals surface area contributed by atoms with Gasteiger partial charge in [-0.2, -0.15) is 11.8 Å². The highest BCUT2D eigenvalue weighted by molar-refractivity contribution is 7.98. The van der Waals surface area contributed by atoms with E-state index in [1.807, 2.05) is 42.2 Å². The number of carbonyl (C=O) groups excluding carboxylic acids is 1. The summed E-state index contributed by atoms with van der Waals surface area (Å²) in [6.45, 7) is 3.26. The first-order valence-electron chi connectivity index (χ1n) is 10.1. The summed E-state index contributed by atoms with van der Waals surface area (Å²) in [6.07, 6.45) is 4.41. The molecular formula is C23H27N3O2S. The van der Waals surface area contributed by atoms with Crippen molar-refractivity contribution in [2.24, 2.45) is 5.73 Å². The zero-order valence-electron chi connectivity index (χ0n) is 16.4. The summed E-state index contributed by atoms with van der Waals surface area (Å²) in [4.78, 5) is 17.3. The van der Waals surface area contributed by atoms with Gasteiger partial charge in [0.1, 0.15) is 5.75 Å². The Morgan fingerprint density at radius 1 is 1.28 bits per heavy atom. The van der Waals surface area contributed by atoms with Gasteiger partial charge in [0.15, 0.2) is 0 Å². The average molecular weight is 410 g/mol. The van der Waals surface area contributed by atoms with E-state index in [2.05, 4.69) is 16.0 Å². The second-order valence-electron chi connectivity index (χ2n) is 7.73. The maximum absolute atomic E-state index is 11.4. The Morgan fingerprint density at radius 3 is 3.00 bits per heavy atom. The Morgan fingerprint density at radius 2 is 2.17 bits per heavy atom. The number of benzene rings is 2. The lowest BCUT2D eigenvalue weighted by Crippen LogP contribution is -2.35. The summed E-state index contributed by atoms with van der Waals surface area (Å²) in [5.41, 5.74) is 9.46. The highest BCUT2D eigenvalue weighted by atomic mass is 32.2. The van der Waals surface area contributed by atoms with Gasteiger partial charge in [-0.1, -0.05) is 12.1 Å². The van der Waals surface area contributed by atoms with E-state index < -0.39 is 5.91 Å². The van der Waals surface area contributed by atoms with Crippen LogP contribution in [0.5, 0.6) is 5.75 Å². The molecule has 1 amide bonds. The largest absolute Gasteiger partial charge is 0.508 e. The van der Waals surface area contributed by atoms with Gasteiger partial charge in [0, 0.05) is 47.3 Å². The van der Waals surface area contributed by atoms with Crippen LogP contribution < -0.4 is 5.73 Å². The van der Waals surface area contributed by atoms with Crippen LogP contribution >= 0.6 is 11.8 Å². The third-order valence-electron chi connectivity index (χ3n) is 5.71. The van der Waals surface area contributed by atoms with E-state index in [9.17, 15) is 9.90 Å². The minimum absolute atomic E-state index is 0.355. The molecule has 152 valence electrons. The van der Waals surface area contributed by atoms with Crippen molar-refractivity contribution < 1.29 is 9.90 Å². The molecule has 0 aliphatic carbocycles. The number of aromatic nitrogens is 1. The third-order valence-corrected chi connectivity index (χ3v) is 6.69. The quantitative estimate of drug-likeness (QED) is 0.514. The molecule has 1 aromatic heterocycles. The van der Waals surface area contributed by atoms with Gasteiger partial charge in [0.05, 0.1) is 0 Å². The minimum atomic E-state index is -0.391. The lowest BCUT2D eigenvalue weighted by molar-refractivity contribution is 0.100. The molecule has 1 fully saturated rings. The van der Waals surface area contributed by atoms with Crippen LogP contribution in [0.1, 0.15) is 40.2 Å². The Bertz CT molecular complexity index is 1000. The number of likely N-dealkylation sites (tertiary alicyclic amines) is 1. The summed E-state index contributed by atoms with van der Waals surface area (Å²) in [7, 11) is 0. The number of fused-ring (bicyclic) bond motifs is 1. The van der Waals surface area contributed by atoms with Gasteiger partial charge in [-0.25, -0.2) is 0 Å². The lowest BCUT2D eigenvalue weighted by Gasteiger charge is -2.33. The SMILES string of the molecule is NC(=O)c1ccc2[nH]cc(CSCCN3CCCC(c4cccc(O)c4)C3)c2c1. The van der Waals surface area contributed by atoms with Crippen LogP contribution in [-0.2, 0) is 5.75 Å². The fourth-order valence-electron chi connectivity index (χ4n) is 4.14. The molecule has 0 bridgehead atoms. The second-order valence-corrected chi connectivity index (χ2v) is 8.83. The Labute approximate surface area is 175 Å². The van der Waals surface area contributed by atoms with E-state index in [0.717, 1.165) is 42.0 Å². The molecule has 29 heavy (non-hydrogen) atoms. The molecule has 0 saturated carbocycles. The van der Waals surface area contributed by atoms with Gasteiger partial charge in [0.2, 0.25) is 5.91 Å². The number of primary amides is 1. The van der Waals surface area contributed by atoms with E-state index in [4.69, 9.17) is 5.73 Å². The summed E-state index contributed by atoms with van der Waals surface area (Å²) < 4.78 is 0. The zero-order chi connectivity index (χ0) is 20.2. The molecule has 1 saturated heterocycles. The number of aromatic hydroxyl groups is 1. The smallest absolute Gasteiger partial charge is 0.248 e. The van der Waals surface area contributed by atoms with Crippen LogP contribution in [0.15, 0.2) is 48.7 Å². The average Bonchev–Trinajstić information content (AvgIpc) is 3.13. The fourth-order valence-corrected chi connectivity index (χ4v) is 5.13. The number of aromatic amines is 1. The third kappa shape index (κ3) is 4.77. The van der Waals surface area contributed by atoms with E-state index in [-0.39, 0.29) is 0 Å². The van der Waals surface area contributed by atoms with Crippen molar-refractivity contribution >= 4 is 28.6 Å². The number of nitrogens with two attached hydrogens (primary N) is 1. The van der Waals surface area contributed by atoms with Gasteiger partial charge in [-0.05, 0) is 66.8 Å². The number of phenolic OH excluding ortho intramolecular Hbond substituents is 1. The highest BCUT2D eigenvalue weighted by Gasteiger charge is 2.21. The first-order valence-corrected chi connectivity index (χ1v) is 11.2. The van der Waals surface area contributed by atoms with Gasteiger partial charge in [-0.15, -0.1) is 0 Å². The maximum atomic E-state index is 11.4. The number of hydrogen-bond acceptors (Lipinski definition) is 4. The van der Waals surface area contributed by atoms with Crippen LogP contribution in [-0.4, -0.2) is 46.3 Å². The number of H-pyrrole nitrogens is 1. The van der Waals surface area contributed by atoms with Gasteiger partial charge in [-0.3, -0.25) is 4.79 Å². The summed E-state index contributed by atoms with van der Waals surface area (Å²) in [5, 5.41) is 10.8. The zero-order valence-corrected chi connectivity index (χ0v) is 17.3. The number of rotatable bonds is 7. The monoisotopic (exact) mass is 409 g/mol. The van der Waals surface area contributed by atoms with Gasteiger partial charge < -0.3 is 20.7 Å². The molecule has 1 atom stereocenters. The number of nitrogens with zero attached hydrogens (tertiary/aromatic N) is 1. The van der Waals surface area contributed by atoms with E-state index in [1.54, 1.807) is 12.1 Å². The molecule has 1 aliphatic rings. The number of amides is 1. The first kappa shape index (κ1) is 19.9. The second kappa shape index (κ2) is 8.93. The number of piperidine rings is 1. The molecule has 3 aromatic rings. The van der Waals surface area contributed by atoms with Crippen LogP contribution in [0.4, 0.5) is 0 Å². The normalized spacial score (nSPS) is 17.6.